The Morgan fingerprint density at radius 1 is 1.42 bits per heavy atom. The summed E-state index contributed by atoms with van der Waals surface area (Å²) >= 11 is 0. The van der Waals surface area contributed by atoms with E-state index in [1.807, 2.05) is 0 Å². The van der Waals surface area contributed by atoms with Crippen LogP contribution in [0.2, 0.25) is 0 Å². The normalized spacial score (nSPS) is 21.2. The molecule has 1 heterocycles. The molecule has 1 aromatic carbocycles. The molecule has 2 rings (SSSR count). The molecule has 19 heavy (non-hydrogen) atoms. The van der Waals surface area contributed by atoms with Crippen molar-refractivity contribution < 1.29 is 17.6 Å². The summed E-state index contributed by atoms with van der Waals surface area (Å²) in [5, 5.41) is 2.77. The van der Waals surface area contributed by atoms with Gasteiger partial charge in [-0.15, -0.1) is 0 Å². The molecule has 6 nitrogen and oxygen atoms in total. The second kappa shape index (κ2) is 4.69. The molecule has 0 saturated carbocycles. The Bertz CT molecular complexity index is 630. The van der Waals surface area contributed by atoms with E-state index >= 15 is 0 Å². The van der Waals surface area contributed by atoms with Gasteiger partial charge in [0.05, 0.1) is 22.8 Å². The minimum atomic E-state index is -3.06. The number of nitrogens with two attached hydrogens (primary N) is 2. The Kier molecular flexibility index (Phi) is 3.36. The third kappa shape index (κ3) is 2.95. The van der Waals surface area contributed by atoms with Crippen molar-refractivity contribution in [2.45, 2.75) is 12.5 Å². The molecule has 5 N–H and O–H groups in total. The van der Waals surface area contributed by atoms with Crippen LogP contribution in [0.3, 0.4) is 0 Å². The number of sulfone groups is 1. The fraction of sp³-hybridized carbons (Fsp3) is 0.364. The first-order valence-corrected chi connectivity index (χ1v) is 7.46. The summed E-state index contributed by atoms with van der Waals surface area (Å²) in [5.74, 6) is -1.39. The summed E-state index contributed by atoms with van der Waals surface area (Å²) in [4.78, 5) is 11.1. The third-order valence-electron chi connectivity index (χ3n) is 3.00. The van der Waals surface area contributed by atoms with Gasteiger partial charge in [-0.3, -0.25) is 4.79 Å². The highest BCUT2D eigenvalue weighted by atomic mass is 32.2. The highest BCUT2D eigenvalue weighted by Gasteiger charge is 2.28. The van der Waals surface area contributed by atoms with Crippen LogP contribution in [-0.2, 0) is 9.84 Å². The summed E-state index contributed by atoms with van der Waals surface area (Å²) in [5.41, 5.74) is 10.6. The number of amides is 1. The lowest BCUT2D eigenvalue weighted by Crippen LogP contribution is -2.22. The number of benzene rings is 1. The second-order valence-corrected chi connectivity index (χ2v) is 6.76. The van der Waals surface area contributed by atoms with E-state index in [9.17, 15) is 17.6 Å². The fourth-order valence-corrected chi connectivity index (χ4v) is 3.71. The van der Waals surface area contributed by atoms with Gasteiger partial charge in [0.25, 0.3) is 5.91 Å². The molecule has 1 amide bonds. The van der Waals surface area contributed by atoms with Crippen LogP contribution in [0.5, 0.6) is 0 Å². The fourth-order valence-electron chi connectivity index (χ4n) is 2.04. The van der Waals surface area contributed by atoms with E-state index in [2.05, 4.69) is 5.32 Å². The number of rotatable bonds is 3. The molecule has 1 fully saturated rings. The van der Waals surface area contributed by atoms with Crippen molar-refractivity contribution in [2.24, 2.45) is 5.73 Å². The highest BCUT2D eigenvalue weighted by molar-refractivity contribution is 7.91. The van der Waals surface area contributed by atoms with E-state index in [1.54, 1.807) is 0 Å². The number of anilines is 2. The molecule has 1 atom stereocenters. The standard InChI is InChI=1S/C11H14FN3O3S/c12-8-4-9(13)7(11(14)16)3-10(8)15-6-1-2-19(17,18)5-6/h3-4,6,15H,1-2,5,13H2,(H2,14,16). The van der Waals surface area contributed by atoms with E-state index in [1.165, 1.54) is 6.07 Å². The van der Waals surface area contributed by atoms with Crippen molar-refractivity contribution in [3.63, 3.8) is 0 Å². The molecule has 0 bridgehead atoms. The van der Waals surface area contributed by atoms with Gasteiger partial charge in [0, 0.05) is 11.7 Å². The molecule has 1 saturated heterocycles. The van der Waals surface area contributed by atoms with Crippen LogP contribution in [0.15, 0.2) is 12.1 Å². The lowest BCUT2D eigenvalue weighted by molar-refractivity contribution is 0.100. The predicted molar refractivity (Wildman–Crippen MR) is 70.0 cm³/mol. The number of carbonyl (C=O) groups excluding carboxylic acids is 1. The number of hydrogen-bond acceptors (Lipinski definition) is 5. The summed E-state index contributed by atoms with van der Waals surface area (Å²) in [6, 6.07) is 1.83. The monoisotopic (exact) mass is 287 g/mol. The number of nitrogen functional groups attached to an aromatic ring is 1. The van der Waals surface area contributed by atoms with Gasteiger partial charge >= 0.3 is 0 Å². The Morgan fingerprint density at radius 3 is 2.63 bits per heavy atom. The van der Waals surface area contributed by atoms with Crippen molar-refractivity contribution in [3.05, 3.63) is 23.5 Å². The Balaban J connectivity index is 2.26. The zero-order valence-electron chi connectivity index (χ0n) is 10.0. The largest absolute Gasteiger partial charge is 0.398 e. The SMILES string of the molecule is NC(=O)c1cc(NC2CCS(=O)(=O)C2)c(F)cc1N. The van der Waals surface area contributed by atoms with Crippen molar-refractivity contribution in [1.82, 2.24) is 0 Å². The van der Waals surface area contributed by atoms with Crippen LogP contribution in [0.4, 0.5) is 15.8 Å². The number of primary amides is 1. The van der Waals surface area contributed by atoms with E-state index < -0.39 is 21.6 Å². The molecule has 1 aliphatic heterocycles. The topological polar surface area (TPSA) is 115 Å². The molecule has 0 aromatic heterocycles. The maximum absolute atomic E-state index is 13.7. The average Bonchev–Trinajstić information content (AvgIpc) is 2.61. The van der Waals surface area contributed by atoms with E-state index in [-0.39, 0.29) is 34.5 Å². The molecule has 8 heteroatoms. The molecule has 0 radical (unpaired) electrons. The van der Waals surface area contributed by atoms with Crippen LogP contribution in [0, 0.1) is 5.82 Å². The van der Waals surface area contributed by atoms with E-state index in [4.69, 9.17) is 11.5 Å². The maximum atomic E-state index is 13.7. The Morgan fingerprint density at radius 2 is 2.11 bits per heavy atom. The predicted octanol–water partition coefficient (Wildman–Crippen LogP) is 0.106. The molecular formula is C11H14FN3O3S. The molecule has 1 aromatic rings. The first-order chi connectivity index (χ1) is 8.78. The van der Waals surface area contributed by atoms with Gasteiger partial charge in [-0.05, 0) is 18.6 Å². The molecule has 1 unspecified atom stereocenters. The average molecular weight is 287 g/mol. The summed E-state index contributed by atoms with van der Waals surface area (Å²) in [6.07, 6.45) is 0.401. The summed E-state index contributed by atoms with van der Waals surface area (Å²) in [6.45, 7) is 0. The molecule has 0 aliphatic carbocycles. The zero-order valence-corrected chi connectivity index (χ0v) is 10.8. The second-order valence-electron chi connectivity index (χ2n) is 4.53. The van der Waals surface area contributed by atoms with E-state index in [0.717, 1.165) is 6.07 Å². The van der Waals surface area contributed by atoms with Crippen molar-refractivity contribution in [1.29, 1.82) is 0 Å². The number of hydrogen-bond donors (Lipinski definition) is 3. The molecule has 1 aliphatic rings. The minimum Gasteiger partial charge on any atom is -0.398 e. The molecular weight excluding hydrogens is 273 g/mol. The van der Waals surface area contributed by atoms with Crippen LogP contribution in [0.25, 0.3) is 0 Å². The third-order valence-corrected chi connectivity index (χ3v) is 4.76. The number of halogens is 1. The Hall–Kier alpha value is -1.83. The van der Waals surface area contributed by atoms with Gasteiger partial charge in [-0.1, -0.05) is 0 Å². The lowest BCUT2D eigenvalue weighted by Gasteiger charge is -2.14. The maximum Gasteiger partial charge on any atom is 0.250 e. The summed E-state index contributed by atoms with van der Waals surface area (Å²) < 4.78 is 36.3. The first-order valence-electron chi connectivity index (χ1n) is 5.64. The van der Waals surface area contributed by atoms with Gasteiger partial charge in [-0.2, -0.15) is 0 Å². The first kappa shape index (κ1) is 13.6. The lowest BCUT2D eigenvalue weighted by atomic mass is 10.1. The number of nitrogens with one attached hydrogen (secondary N) is 1. The highest BCUT2D eigenvalue weighted by Crippen LogP contribution is 2.24. The van der Waals surface area contributed by atoms with Gasteiger partial charge in [0.2, 0.25) is 0 Å². The smallest absolute Gasteiger partial charge is 0.250 e. The van der Waals surface area contributed by atoms with Gasteiger partial charge in [0.15, 0.2) is 9.84 Å². The molecule has 104 valence electrons. The quantitative estimate of drug-likeness (QED) is 0.682. The van der Waals surface area contributed by atoms with Crippen LogP contribution >= 0.6 is 0 Å². The Labute approximate surface area is 109 Å². The zero-order chi connectivity index (χ0) is 14.2. The minimum absolute atomic E-state index is 0.00440. The van der Waals surface area contributed by atoms with Crippen LogP contribution in [0.1, 0.15) is 16.8 Å². The van der Waals surface area contributed by atoms with Crippen molar-refractivity contribution >= 4 is 27.1 Å². The molecule has 0 spiro atoms. The summed E-state index contributed by atoms with van der Waals surface area (Å²) in [7, 11) is -3.06. The van der Waals surface area contributed by atoms with Crippen LogP contribution in [-0.4, -0.2) is 31.9 Å². The van der Waals surface area contributed by atoms with E-state index in [0.29, 0.717) is 6.42 Å². The van der Waals surface area contributed by atoms with Gasteiger partial charge in [-0.25, -0.2) is 12.8 Å². The number of carbonyl (C=O) groups is 1. The van der Waals surface area contributed by atoms with Crippen LogP contribution < -0.4 is 16.8 Å². The van der Waals surface area contributed by atoms with Gasteiger partial charge in [0.1, 0.15) is 5.82 Å². The van der Waals surface area contributed by atoms with Crippen molar-refractivity contribution in [2.75, 3.05) is 22.6 Å². The van der Waals surface area contributed by atoms with Gasteiger partial charge < -0.3 is 16.8 Å². The van der Waals surface area contributed by atoms with Crippen molar-refractivity contribution in [3.8, 4) is 0 Å².